The van der Waals surface area contributed by atoms with E-state index in [4.69, 9.17) is 4.74 Å². The van der Waals surface area contributed by atoms with E-state index in [1.807, 2.05) is 36.6 Å². The van der Waals surface area contributed by atoms with Crippen LogP contribution in [0.25, 0.3) is 0 Å². The third-order valence-electron chi connectivity index (χ3n) is 4.09. The third kappa shape index (κ3) is 5.33. The monoisotopic (exact) mass is 429 g/mol. The molecule has 3 aromatic rings. The number of benzene rings is 2. The molecule has 1 aromatic heterocycles. The molecule has 0 saturated heterocycles. The highest BCUT2D eigenvalue weighted by Gasteiger charge is 2.19. The molecule has 0 fully saturated rings. The fourth-order valence-electron chi connectivity index (χ4n) is 2.68. The molecular formula is C20H19N3O4S2. The van der Waals surface area contributed by atoms with Crippen LogP contribution in [0.5, 0.6) is 5.75 Å². The van der Waals surface area contributed by atoms with Crippen LogP contribution in [0.1, 0.15) is 21.6 Å². The number of nitrogens with zero attached hydrogens (tertiary/aromatic N) is 2. The number of carbonyl (C=O) groups excluding carboxylic acids is 1. The Morgan fingerprint density at radius 2 is 2.10 bits per heavy atom. The Kier molecular flexibility index (Phi) is 6.84. The number of rotatable bonds is 8. The number of aromatic nitrogens is 1. The van der Waals surface area contributed by atoms with Crippen LogP contribution in [0.2, 0.25) is 0 Å². The lowest BCUT2D eigenvalue weighted by molar-refractivity contribution is -0.387. The van der Waals surface area contributed by atoms with Crippen molar-refractivity contribution >= 4 is 34.7 Å². The molecule has 0 atom stereocenters. The predicted molar refractivity (Wildman–Crippen MR) is 113 cm³/mol. The molecule has 0 radical (unpaired) electrons. The highest BCUT2D eigenvalue weighted by Crippen LogP contribution is 2.36. The van der Waals surface area contributed by atoms with E-state index in [9.17, 15) is 14.9 Å². The zero-order valence-corrected chi connectivity index (χ0v) is 17.5. The van der Waals surface area contributed by atoms with Gasteiger partial charge in [0.1, 0.15) is 5.75 Å². The lowest BCUT2D eigenvalue weighted by Crippen LogP contribution is -2.25. The van der Waals surface area contributed by atoms with E-state index in [1.54, 1.807) is 19.2 Å². The van der Waals surface area contributed by atoms with E-state index >= 15 is 0 Å². The predicted octanol–water partition coefficient (Wildman–Crippen LogP) is 4.49. The van der Waals surface area contributed by atoms with Crippen LogP contribution < -0.4 is 10.1 Å². The first-order valence-electron chi connectivity index (χ1n) is 8.76. The number of thiazole rings is 1. The summed E-state index contributed by atoms with van der Waals surface area (Å²) in [6.45, 7) is 2.26. The Balaban J connectivity index is 1.68. The quantitative estimate of drug-likeness (QED) is 0.419. The summed E-state index contributed by atoms with van der Waals surface area (Å²) in [5.74, 6) is 0.404. The van der Waals surface area contributed by atoms with Gasteiger partial charge in [-0.25, -0.2) is 4.98 Å². The van der Waals surface area contributed by atoms with Crippen LogP contribution >= 0.6 is 23.1 Å². The van der Waals surface area contributed by atoms with E-state index in [0.717, 1.165) is 21.3 Å². The van der Waals surface area contributed by atoms with Gasteiger partial charge in [-0.1, -0.05) is 30.0 Å². The standard InChI is InChI=1S/C20H19N3O4S2/c1-13-12-28-20(22-13)29-18-8-7-15(11-16(18)23(25)26)19(24)21-10-9-14-5-3-4-6-17(14)27-2/h3-8,11-12H,9-10H2,1-2H3,(H,21,24). The number of ether oxygens (including phenoxy) is 1. The fraction of sp³-hybridized carbons (Fsp3) is 0.200. The first kappa shape index (κ1) is 20.8. The van der Waals surface area contributed by atoms with Crippen molar-refractivity contribution in [3.8, 4) is 5.75 Å². The number of carbonyl (C=O) groups is 1. The summed E-state index contributed by atoms with van der Waals surface area (Å²) in [6.07, 6.45) is 0.592. The van der Waals surface area contributed by atoms with Gasteiger partial charge < -0.3 is 10.1 Å². The number of methoxy groups -OCH3 is 1. The number of nitro groups is 1. The first-order valence-corrected chi connectivity index (χ1v) is 10.5. The molecule has 2 aromatic carbocycles. The van der Waals surface area contributed by atoms with Gasteiger partial charge in [0.2, 0.25) is 0 Å². The largest absolute Gasteiger partial charge is 0.496 e. The van der Waals surface area contributed by atoms with Crippen molar-refractivity contribution in [2.45, 2.75) is 22.6 Å². The normalized spacial score (nSPS) is 10.6. The fourth-order valence-corrected chi connectivity index (χ4v) is 4.56. The van der Waals surface area contributed by atoms with Crippen LogP contribution in [-0.4, -0.2) is 29.5 Å². The Bertz CT molecular complexity index is 1040. The zero-order valence-electron chi connectivity index (χ0n) is 15.9. The van der Waals surface area contributed by atoms with Crippen LogP contribution in [0.15, 0.2) is 57.1 Å². The summed E-state index contributed by atoms with van der Waals surface area (Å²) in [6, 6.07) is 12.1. The van der Waals surface area contributed by atoms with E-state index in [2.05, 4.69) is 10.3 Å². The first-order chi connectivity index (χ1) is 14.0. The van der Waals surface area contributed by atoms with Crippen LogP contribution in [0.4, 0.5) is 5.69 Å². The van der Waals surface area contributed by atoms with Gasteiger partial charge in [0.25, 0.3) is 11.6 Å². The van der Waals surface area contributed by atoms with Crippen molar-refractivity contribution in [1.82, 2.24) is 10.3 Å². The second-order valence-corrected chi connectivity index (χ2v) is 8.26. The van der Waals surface area contributed by atoms with Gasteiger partial charge in [-0.05, 0) is 37.1 Å². The maximum absolute atomic E-state index is 12.5. The molecule has 0 spiro atoms. The SMILES string of the molecule is COc1ccccc1CCNC(=O)c1ccc(Sc2nc(C)cs2)c([N+](=O)[O-])c1. The van der Waals surface area contributed by atoms with Crippen molar-refractivity contribution in [2.75, 3.05) is 13.7 Å². The molecule has 0 aliphatic heterocycles. The summed E-state index contributed by atoms with van der Waals surface area (Å²) in [7, 11) is 1.60. The molecule has 3 rings (SSSR count). The van der Waals surface area contributed by atoms with Gasteiger partial charge in [-0.2, -0.15) is 0 Å². The lowest BCUT2D eigenvalue weighted by Gasteiger charge is -2.09. The lowest BCUT2D eigenvalue weighted by atomic mass is 10.1. The molecule has 9 heteroatoms. The Morgan fingerprint density at radius 1 is 1.31 bits per heavy atom. The van der Waals surface area contributed by atoms with Crippen molar-refractivity contribution in [1.29, 1.82) is 0 Å². The smallest absolute Gasteiger partial charge is 0.284 e. The summed E-state index contributed by atoms with van der Waals surface area (Å²) in [4.78, 5) is 28.2. The van der Waals surface area contributed by atoms with E-state index in [-0.39, 0.29) is 17.2 Å². The second-order valence-electron chi connectivity index (χ2n) is 6.11. The number of hydrogen-bond donors (Lipinski definition) is 1. The maximum Gasteiger partial charge on any atom is 0.284 e. The topological polar surface area (TPSA) is 94.4 Å². The summed E-state index contributed by atoms with van der Waals surface area (Å²) in [5, 5.41) is 16.2. The van der Waals surface area contributed by atoms with Gasteiger partial charge in [0.15, 0.2) is 4.34 Å². The van der Waals surface area contributed by atoms with Crippen molar-refractivity contribution in [3.05, 3.63) is 74.8 Å². The van der Waals surface area contributed by atoms with Gasteiger partial charge in [-0.3, -0.25) is 14.9 Å². The molecule has 1 N–H and O–H groups in total. The van der Waals surface area contributed by atoms with Crippen LogP contribution in [0.3, 0.4) is 0 Å². The highest BCUT2D eigenvalue weighted by atomic mass is 32.2. The van der Waals surface area contributed by atoms with Gasteiger partial charge in [0, 0.05) is 29.2 Å². The van der Waals surface area contributed by atoms with E-state index in [0.29, 0.717) is 17.9 Å². The third-order valence-corrected chi connectivity index (χ3v) is 6.21. The van der Waals surface area contributed by atoms with Crippen molar-refractivity contribution < 1.29 is 14.5 Å². The van der Waals surface area contributed by atoms with Crippen molar-refractivity contribution in [3.63, 3.8) is 0 Å². The molecule has 1 amide bonds. The summed E-state index contributed by atoms with van der Waals surface area (Å²) >= 11 is 2.65. The van der Waals surface area contributed by atoms with Gasteiger partial charge in [0.05, 0.1) is 16.9 Å². The molecule has 0 unspecified atom stereocenters. The highest BCUT2D eigenvalue weighted by molar-refractivity contribution is 8.01. The number of hydrogen-bond acceptors (Lipinski definition) is 7. The minimum Gasteiger partial charge on any atom is -0.496 e. The minimum absolute atomic E-state index is 0.111. The maximum atomic E-state index is 12.5. The number of aryl methyl sites for hydroxylation is 1. The Morgan fingerprint density at radius 3 is 2.79 bits per heavy atom. The van der Waals surface area contributed by atoms with Gasteiger partial charge >= 0.3 is 0 Å². The number of amides is 1. The zero-order chi connectivity index (χ0) is 20.8. The molecular weight excluding hydrogens is 410 g/mol. The van der Waals surface area contributed by atoms with Crippen LogP contribution in [0, 0.1) is 17.0 Å². The second kappa shape index (κ2) is 9.53. The van der Waals surface area contributed by atoms with E-state index in [1.165, 1.54) is 29.2 Å². The number of para-hydroxylation sites is 1. The molecule has 0 aliphatic rings. The molecule has 150 valence electrons. The average Bonchev–Trinajstić information content (AvgIpc) is 3.13. The van der Waals surface area contributed by atoms with Crippen molar-refractivity contribution in [2.24, 2.45) is 0 Å². The summed E-state index contributed by atoms with van der Waals surface area (Å²) < 4.78 is 6.02. The number of nitrogens with one attached hydrogen (secondary N) is 1. The molecule has 0 bridgehead atoms. The Labute approximate surface area is 176 Å². The van der Waals surface area contributed by atoms with Gasteiger partial charge in [-0.15, -0.1) is 11.3 Å². The Hall–Kier alpha value is -2.91. The van der Waals surface area contributed by atoms with E-state index < -0.39 is 4.92 Å². The minimum atomic E-state index is -0.478. The molecule has 0 aliphatic carbocycles. The molecule has 7 nitrogen and oxygen atoms in total. The number of nitro benzene ring substituents is 1. The molecule has 1 heterocycles. The molecule has 0 saturated carbocycles. The van der Waals surface area contributed by atoms with Crippen LogP contribution in [-0.2, 0) is 6.42 Å². The average molecular weight is 430 g/mol. The summed E-state index contributed by atoms with van der Waals surface area (Å²) in [5.41, 5.74) is 1.98. The molecule has 29 heavy (non-hydrogen) atoms.